The molecule has 0 aliphatic carbocycles. The molecule has 0 radical (unpaired) electrons. The molecular weight excluding hydrogens is 266 g/mol. The number of aromatic nitrogens is 2. The van der Waals surface area contributed by atoms with Crippen LogP contribution in [0.2, 0.25) is 0 Å². The summed E-state index contributed by atoms with van der Waals surface area (Å²) in [5, 5.41) is 13.6. The highest BCUT2D eigenvalue weighted by Crippen LogP contribution is 2.29. The van der Waals surface area contributed by atoms with Gasteiger partial charge in [-0.3, -0.25) is 4.90 Å². The van der Waals surface area contributed by atoms with Crippen molar-refractivity contribution >= 4 is 0 Å². The second-order valence-electron chi connectivity index (χ2n) is 6.16. The van der Waals surface area contributed by atoms with Gasteiger partial charge in [0, 0.05) is 24.1 Å². The first-order valence-corrected chi connectivity index (χ1v) is 7.40. The van der Waals surface area contributed by atoms with Crippen molar-refractivity contribution in [2.75, 3.05) is 19.7 Å². The molecular formula is C16H21N3O2. The molecule has 1 aromatic carbocycles. The second kappa shape index (κ2) is 5.95. The van der Waals surface area contributed by atoms with Crippen molar-refractivity contribution in [3.63, 3.8) is 0 Å². The van der Waals surface area contributed by atoms with Crippen LogP contribution in [0.25, 0.3) is 11.5 Å². The summed E-state index contributed by atoms with van der Waals surface area (Å²) >= 11 is 0. The maximum Gasteiger partial charge on any atom is 0.257 e. The first-order chi connectivity index (χ1) is 10.2. The van der Waals surface area contributed by atoms with E-state index in [4.69, 9.17) is 4.52 Å². The minimum absolute atomic E-state index is 0.00968. The molecule has 2 heterocycles. The van der Waals surface area contributed by atoms with E-state index < -0.39 is 0 Å². The summed E-state index contributed by atoms with van der Waals surface area (Å²) in [6.07, 6.45) is 2.17. The Balaban J connectivity index is 1.67. The molecule has 1 aliphatic heterocycles. The molecule has 1 aromatic heterocycles. The van der Waals surface area contributed by atoms with Gasteiger partial charge in [0.1, 0.15) is 0 Å². The number of hydrogen-bond acceptors (Lipinski definition) is 5. The summed E-state index contributed by atoms with van der Waals surface area (Å²) in [6, 6.07) is 9.79. The Kier molecular flexibility index (Phi) is 4.03. The third kappa shape index (κ3) is 3.31. The highest BCUT2D eigenvalue weighted by Gasteiger charge is 2.30. The molecule has 5 nitrogen and oxygen atoms in total. The second-order valence-corrected chi connectivity index (χ2v) is 6.16. The smallest absolute Gasteiger partial charge is 0.257 e. The van der Waals surface area contributed by atoms with Gasteiger partial charge in [0.25, 0.3) is 5.89 Å². The maximum absolute atomic E-state index is 9.51. The molecule has 2 aromatic rings. The number of nitrogens with zero attached hydrogens (tertiary/aromatic N) is 3. The molecule has 1 aliphatic rings. The first kappa shape index (κ1) is 14.2. The number of aliphatic hydroxyl groups is 1. The average Bonchev–Trinajstić information content (AvgIpc) is 2.97. The molecule has 0 spiro atoms. The lowest BCUT2D eigenvalue weighted by Crippen LogP contribution is -2.43. The molecule has 0 amide bonds. The fourth-order valence-electron chi connectivity index (χ4n) is 2.91. The van der Waals surface area contributed by atoms with Crippen LogP contribution in [0.15, 0.2) is 34.9 Å². The lowest BCUT2D eigenvalue weighted by atomic mass is 9.83. The number of likely N-dealkylation sites (tertiary alicyclic amines) is 1. The molecule has 1 N–H and O–H groups in total. The minimum atomic E-state index is -0.00968. The van der Waals surface area contributed by atoms with E-state index in [-0.39, 0.29) is 12.0 Å². The summed E-state index contributed by atoms with van der Waals surface area (Å²) < 4.78 is 5.33. The van der Waals surface area contributed by atoms with Crippen LogP contribution < -0.4 is 0 Å². The number of aliphatic hydroxyl groups excluding tert-OH is 1. The van der Waals surface area contributed by atoms with Crippen molar-refractivity contribution in [2.45, 2.75) is 26.3 Å². The van der Waals surface area contributed by atoms with E-state index in [9.17, 15) is 5.11 Å². The van der Waals surface area contributed by atoms with Gasteiger partial charge in [0.15, 0.2) is 5.82 Å². The van der Waals surface area contributed by atoms with E-state index in [1.165, 1.54) is 0 Å². The van der Waals surface area contributed by atoms with Gasteiger partial charge in [0.2, 0.25) is 0 Å². The monoisotopic (exact) mass is 287 g/mol. The summed E-state index contributed by atoms with van der Waals surface area (Å²) in [5.74, 6) is 1.27. The minimum Gasteiger partial charge on any atom is -0.396 e. The maximum atomic E-state index is 9.51. The molecule has 1 fully saturated rings. The average molecular weight is 287 g/mol. The van der Waals surface area contributed by atoms with Crippen LogP contribution in [-0.2, 0) is 6.54 Å². The molecule has 5 heteroatoms. The van der Waals surface area contributed by atoms with E-state index >= 15 is 0 Å². The predicted molar refractivity (Wildman–Crippen MR) is 79.4 cm³/mol. The molecule has 1 unspecified atom stereocenters. The summed E-state index contributed by atoms with van der Waals surface area (Å²) in [7, 11) is 0. The standard InChI is InChI=1S/C16H21N3O2/c1-16(12-20)8-5-9-19(11-16)10-14-17-15(21-18-14)13-6-3-2-4-7-13/h2-4,6-7,20H,5,8-12H2,1H3. The van der Waals surface area contributed by atoms with Gasteiger partial charge >= 0.3 is 0 Å². The number of rotatable bonds is 4. The fraction of sp³-hybridized carbons (Fsp3) is 0.500. The van der Waals surface area contributed by atoms with E-state index in [1.54, 1.807) is 0 Å². The van der Waals surface area contributed by atoms with Crippen LogP contribution >= 0.6 is 0 Å². The first-order valence-electron chi connectivity index (χ1n) is 7.40. The Morgan fingerprint density at radius 2 is 2.14 bits per heavy atom. The van der Waals surface area contributed by atoms with Crippen molar-refractivity contribution < 1.29 is 9.63 Å². The largest absolute Gasteiger partial charge is 0.396 e. The van der Waals surface area contributed by atoms with Crippen molar-refractivity contribution in [2.24, 2.45) is 5.41 Å². The van der Waals surface area contributed by atoms with Crippen LogP contribution in [0.3, 0.4) is 0 Å². The molecule has 0 saturated carbocycles. The Morgan fingerprint density at radius 3 is 2.90 bits per heavy atom. The molecule has 21 heavy (non-hydrogen) atoms. The van der Waals surface area contributed by atoms with Gasteiger partial charge in [-0.25, -0.2) is 0 Å². The van der Waals surface area contributed by atoms with Gasteiger partial charge in [-0.1, -0.05) is 30.3 Å². The van der Waals surface area contributed by atoms with Gasteiger partial charge < -0.3 is 9.63 Å². The third-order valence-corrected chi connectivity index (χ3v) is 4.10. The van der Waals surface area contributed by atoms with Crippen LogP contribution in [0.5, 0.6) is 0 Å². The molecule has 1 atom stereocenters. The van der Waals surface area contributed by atoms with Crippen molar-refractivity contribution in [1.29, 1.82) is 0 Å². The van der Waals surface area contributed by atoms with Crippen molar-refractivity contribution in [3.8, 4) is 11.5 Å². The zero-order chi connectivity index (χ0) is 14.7. The predicted octanol–water partition coefficient (Wildman–Crippen LogP) is 2.33. The zero-order valence-electron chi connectivity index (χ0n) is 12.3. The highest BCUT2D eigenvalue weighted by atomic mass is 16.5. The van der Waals surface area contributed by atoms with Gasteiger partial charge in [-0.05, 0) is 31.5 Å². The quantitative estimate of drug-likeness (QED) is 0.935. The van der Waals surface area contributed by atoms with Crippen molar-refractivity contribution in [3.05, 3.63) is 36.2 Å². The van der Waals surface area contributed by atoms with Gasteiger partial charge in [0.05, 0.1) is 6.54 Å². The molecule has 112 valence electrons. The van der Waals surface area contributed by atoms with Gasteiger partial charge in [-0.2, -0.15) is 4.98 Å². The third-order valence-electron chi connectivity index (χ3n) is 4.10. The topological polar surface area (TPSA) is 62.4 Å². The summed E-state index contributed by atoms with van der Waals surface area (Å²) in [5.41, 5.74) is 0.930. The fourth-order valence-corrected chi connectivity index (χ4v) is 2.91. The van der Waals surface area contributed by atoms with Crippen LogP contribution in [0.1, 0.15) is 25.6 Å². The van der Waals surface area contributed by atoms with Gasteiger partial charge in [-0.15, -0.1) is 0 Å². The molecule has 3 rings (SSSR count). The zero-order valence-corrected chi connectivity index (χ0v) is 12.3. The van der Waals surface area contributed by atoms with E-state index in [0.717, 1.165) is 31.5 Å². The molecule has 1 saturated heterocycles. The highest BCUT2D eigenvalue weighted by molar-refractivity contribution is 5.51. The van der Waals surface area contributed by atoms with Crippen LogP contribution in [0, 0.1) is 5.41 Å². The Bertz CT molecular complexity index is 584. The number of piperidine rings is 1. The Hall–Kier alpha value is -1.72. The summed E-state index contributed by atoms with van der Waals surface area (Å²) in [4.78, 5) is 6.76. The van der Waals surface area contributed by atoms with Crippen molar-refractivity contribution in [1.82, 2.24) is 15.0 Å². The van der Waals surface area contributed by atoms with E-state index in [2.05, 4.69) is 22.0 Å². The van der Waals surface area contributed by atoms with Crippen LogP contribution in [-0.4, -0.2) is 39.8 Å². The number of hydrogen-bond donors (Lipinski definition) is 1. The lowest BCUT2D eigenvalue weighted by Gasteiger charge is -2.38. The van der Waals surface area contributed by atoms with E-state index in [0.29, 0.717) is 18.3 Å². The Morgan fingerprint density at radius 1 is 1.33 bits per heavy atom. The van der Waals surface area contributed by atoms with Crippen LogP contribution in [0.4, 0.5) is 0 Å². The molecule has 0 bridgehead atoms. The summed E-state index contributed by atoms with van der Waals surface area (Å²) in [6.45, 7) is 4.92. The number of benzene rings is 1. The SMILES string of the molecule is CC1(CO)CCCN(Cc2noc(-c3ccccc3)n2)C1. The Labute approximate surface area is 124 Å². The normalized spacial score (nSPS) is 23.3. The van der Waals surface area contributed by atoms with E-state index in [1.807, 2.05) is 30.3 Å². The lowest BCUT2D eigenvalue weighted by molar-refractivity contribution is 0.0414.